The predicted molar refractivity (Wildman–Crippen MR) is 109 cm³/mol. The van der Waals surface area contributed by atoms with Gasteiger partial charge in [0, 0.05) is 38.8 Å². The fourth-order valence-electron chi connectivity index (χ4n) is 3.27. The molecule has 1 N–H and O–H groups in total. The lowest BCUT2D eigenvalue weighted by Crippen LogP contribution is -2.34. The summed E-state index contributed by atoms with van der Waals surface area (Å²) in [5, 5.41) is 3.49. The first-order valence-electron chi connectivity index (χ1n) is 9.15. The monoisotopic (exact) mass is 385 g/mol. The van der Waals surface area contributed by atoms with Crippen molar-refractivity contribution in [2.24, 2.45) is 5.92 Å². The third-order valence-electron chi connectivity index (χ3n) is 4.81. The zero-order valence-corrected chi connectivity index (χ0v) is 16.2. The molecule has 1 aliphatic rings. The standard InChI is InChI=1S/C21H24ClN3O2/c1-24(17-8-3-2-4-9-17)13-7-12-23-21(27)16-14-20(26)25(15-16)19-11-6-5-10-18(19)22/h2-6,8-11,16H,7,12-15H2,1H3,(H,23,27). The number of anilines is 2. The van der Waals surface area contributed by atoms with Gasteiger partial charge in [0.1, 0.15) is 0 Å². The molecule has 1 heterocycles. The molecule has 2 aromatic rings. The van der Waals surface area contributed by atoms with Crippen LogP contribution in [0.5, 0.6) is 0 Å². The van der Waals surface area contributed by atoms with E-state index in [0.29, 0.717) is 23.8 Å². The summed E-state index contributed by atoms with van der Waals surface area (Å²) in [5.74, 6) is -0.465. The zero-order valence-electron chi connectivity index (χ0n) is 15.4. The van der Waals surface area contributed by atoms with E-state index >= 15 is 0 Å². The van der Waals surface area contributed by atoms with Crippen LogP contribution in [-0.2, 0) is 9.59 Å². The summed E-state index contributed by atoms with van der Waals surface area (Å²) in [6.07, 6.45) is 1.06. The highest BCUT2D eigenvalue weighted by molar-refractivity contribution is 6.33. The number of halogens is 1. The third kappa shape index (κ3) is 4.80. The average Bonchev–Trinajstić information content (AvgIpc) is 3.07. The molecule has 27 heavy (non-hydrogen) atoms. The number of carbonyl (C=O) groups excluding carboxylic acids is 2. The summed E-state index contributed by atoms with van der Waals surface area (Å²) >= 11 is 6.18. The summed E-state index contributed by atoms with van der Waals surface area (Å²) in [6.45, 7) is 1.81. The van der Waals surface area contributed by atoms with Crippen molar-refractivity contribution in [1.82, 2.24) is 5.32 Å². The van der Waals surface area contributed by atoms with E-state index in [9.17, 15) is 9.59 Å². The Morgan fingerprint density at radius 1 is 1.19 bits per heavy atom. The van der Waals surface area contributed by atoms with Crippen LogP contribution in [0.4, 0.5) is 11.4 Å². The largest absolute Gasteiger partial charge is 0.375 e. The van der Waals surface area contributed by atoms with Crippen LogP contribution in [-0.4, -0.2) is 38.5 Å². The van der Waals surface area contributed by atoms with Gasteiger partial charge in [0.2, 0.25) is 11.8 Å². The number of para-hydroxylation sites is 2. The van der Waals surface area contributed by atoms with Crippen LogP contribution in [0.1, 0.15) is 12.8 Å². The molecule has 0 bridgehead atoms. The first-order valence-corrected chi connectivity index (χ1v) is 9.53. The Morgan fingerprint density at radius 3 is 2.63 bits per heavy atom. The Kier molecular flexibility index (Phi) is 6.35. The van der Waals surface area contributed by atoms with Crippen LogP contribution in [0.25, 0.3) is 0 Å². The van der Waals surface area contributed by atoms with E-state index in [2.05, 4.69) is 22.3 Å². The average molecular weight is 386 g/mol. The molecule has 0 radical (unpaired) electrons. The molecule has 142 valence electrons. The van der Waals surface area contributed by atoms with Gasteiger partial charge in [-0.25, -0.2) is 0 Å². The van der Waals surface area contributed by atoms with E-state index in [1.807, 2.05) is 37.4 Å². The summed E-state index contributed by atoms with van der Waals surface area (Å²) in [6, 6.07) is 17.4. The second kappa shape index (κ2) is 8.91. The lowest BCUT2D eigenvalue weighted by molar-refractivity contribution is -0.126. The molecular weight excluding hydrogens is 362 g/mol. The number of nitrogens with one attached hydrogen (secondary N) is 1. The molecule has 2 aromatic carbocycles. The molecule has 1 fully saturated rings. The normalized spacial score (nSPS) is 16.4. The maximum Gasteiger partial charge on any atom is 0.227 e. The molecule has 1 atom stereocenters. The zero-order chi connectivity index (χ0) is 19.2. The highest BCUT2D eigenvalue weighted by atomic mass is 35.5. The van der Waals surface area contributed by atoms with Gasteiger partial charge in [-0.05, 0) is 30.7 Å². The minimum Gasteiger partial charge on any atom is -0.375 e. The van der Waals surface area contributed by atoms with Gasteiger partial charge in [-0.15, -0.1) is 0 Å². The van der Waals surface area contributed by atoms with Gasteiger partial charge in [-0.2, -0.15) is 0 Å². The molecule has 1 aliphatic heterocycles. The van der Waals surface area contributed by atoms with Gasteiger partial charge in [0.25, 0.3) is 0 Å². The number of hydrogen-bond acceptors (Lipinski definition) is 3. The Balaban J connectivity index is 1.45. The maximum absolute atomic E-state index is 12.4. The molecule has 2 amide bonds. The summed E-state index contributed by atoms with van der Waals surface area (Å²) in [4.78, 5) is 28.5. The van der Waals surface area contributed by atoms with Gasteiger partial charge in [-0.3, -0.25) is 9.59 Å². The van der Waals surface area contributed by atoms with Gasteiger partial charge in [0.05, 0.1) is 16.6 Å². The molecule has 0 saturated carbocycles. The first kappa shape index (κ1) is 19.2. The van der Waals surface area contributed by atoms with Crippen LogP contribution in [0.2, 0.25) is 5.02 Å². The van der Waals surface area contributed by atoms with Gasteiger partial charge in [0.15, 0.2) is 0 Å². The fourth-order valence-corrected chi connectivity index (χ4v) is 3.51. The predicted octanol–water partition coefficient (Wildman–Crippen LogP) is 3.34. The van der Waals surface area contributed by atoms with Crippen molar-refractivity contribution in [3.63, 3.8) is 0 Å². The SMILES string of the molecule is CN(CCCNC(=O)C1CC(=O)N(c2ccccc2Cl)C1)c1ccccc1. The van der Waals surface area contributed by atoms with Crippen molar-refractivity contribution >= 4 is 34.8 Å². The molecule has 3 rings (SSSR count). The van der Waals surface area contributed by atoms with Crippen LogP contribution in [0.15, 0.2) is 54.6 Å². The van der Waals surface area contributed by atoms with Gasteiger partial charge in [-0.1, -0.05) is 41.9 Å². The molecule has 1 unspecified atom stereocenters. The number of hydrogen-bond donors (Lipinski definition) is 1. The Labute approximate surface area is 164 Å². The minimum atomic E-state index is -0.333. The lowest BCUT2D eigenvalue weighted by atomic mass is 10.1. The number of benzene rings is 2. The van der Waals surface area contributed by atoms with Crippen LogP contribution < -0.4 is 15.1 Å². The van der Waals surface area contributed by atoms with Crippen molar-refractivity contribution < 1.29 is 9.59 Å². The van der Waals surface area contributed by atoms with Crippen molar-refractivity contribution in [2.75, 3.05) is 36.5 Å². The van der Waals surface area contributed by atoms with Gasteiger partial charge >= 0.3 is 0 Å². The number of amides is 2. The topological polar surface area (TPSA) is 52.7 Å². The van der Waals surface area contributed by atoms with Crippen LogP contribution >= 0.6 is 11.6 Å². The Hall–Kier alpha value is -2.53. The lowest BCUT2D eigenvalue weighted by Gasteiger charge is -2.20. The Morgan fingerprint density at radius 2 is 1.89 bits per heavy atom. The van der Waals surface area contributed by atoms with E-state index in [1.165, 1.54) is 0 Å². The number of nitrogens with zero attached hydrogens (tertiary/aromatic N) is 2. The number of carbonyl (C=O) groups is 2. The maximum atomic E-state index is 12.4. The van der Waals surface area contributed by atoms with Crippen LogP contribution in [0, 0.1) is 5.92 Å². The van der Waals surface area contributed by atoms with E-state index in [1.54, 1.807) is 17.0 Å². The van der Waals surface area contributed by atoms with Crippen molar-refractivity contribution in [3.8, 4) is 0 Å². The molecular formula is C21H24ClN3O2. The smallest absolute Gasteiger partial charge is 0.227 e. The second-order valence-electron chi connectivity index (χ2n) is 6.76. The third-order valence-corrected chi connectivity index (χ3v) is 5.13. The second-order valence-corrected chi connectivity index (χ2v) is 7.17. The van der Waals surface area contributed by atoms with Crippen molar-refractivity contribution in [3.05, 3.63) is 59.6 Å². The molecule has 0 aromatic heterocycles. The fraction of sp³-hybridized carbons (Fsp3) is 0.333. The molecule has 1 saturated heterocycles. The quantitative estimate of drug-likeness (QED) is 0.744. The molecule has 0 spiro atoms. The molecule has 5 nitrogen and oxygen atoms in total. The van der Waals surface area contributed by atoms with Crippen molar-refractivity contribution in [1.29, 1.82) is 0 Å². The molecule has 6 heteroatoms. The summed E-state index contributed by atoms with van der Waals surface area (Å²) in [7, 11) is 2.04. The Bertz CT molecular complexity index is 797. The van der Waals surface area contributed by atoms with E-state index < -0.39 is 0 Å². The first-order chi connectivity index (χ1) is 13.1. The van der Waals surface area contributed by atoms with Crippen LogP contribution in [0.3, 0.4) is 0 Å². The minimum absolute atomic E-state index is 0.0629. The van der Waals surface area contributed by atoms with E-state index in [-0.39, 0.29) is 24.2 Å². The summed E-state index contributed by atoms with van der Waals surface area (Å²) < 4.78 is 0. The summed E-state index contributed by atoms with van der Waals surface area (Å²) in [5.41, 5.74) is 1.82. The van der Waals surface area contributed by atoms with Crippen molar-refractivity contribution in [2.45, 2.75) is 12.8 Å². The molecule has 0 aliphatic carbocycles. The van der Waals surface area contributed by atoms with E-state index in [4.69, 9.17) is 11.6 Å². The number of rotatable bonds is 7. The highest BCUT2D eigenvalue weighted by Crippen LogP contribution is 2.30. The highest BCUT2D eigenvalue weighted by Gasteiger charge is 2.35. The van der Waals surface area contributed by atoms with E-state index in [0.717, 1.165) is 18.7 Å². The van der Waals surface area contributed by atoms with Gasteiger partial charge < -0.3 is 15.1 Å².